The highest BCUT2D eigenvalue weighted by molar-refractivity contribution is 7.90. The van der Waals surface area contributed by atoms with Crippen LogP contribution in [-0.4, -0.2) is 28.8 Å². The van der Waals surface area contributed by atoms with Crippen molar-refractivity contribution < 1.29 is 17.4 Å². The minimum atomic E-state index is -4.08. The van der Waals surface area contributed by atoms with Crippen LogP contribution >= 0.6 is 11.6 Å². The summed E-state index contributed by atoms with van der Waals surface area (Å²) in [7, 11) is -5.26. The van der Waals surface area contributed by atoms with E-state index in [-0.39, 0.29) is 20.7 Å². The fraction of sp³-hybridized carbons (Fsp3) is 0.200. The van der Waals surface area contributed by atoms with Crippen molar-refractivity contribution in [3.8, 4) is 0 Å². The van der Waals surface area contributed by atoms with E-state index in [0.717, 1.165) is 6.20 Å². The molecule has 24 heavy (non-hydrogen) atoms. The number of aromatic nitrogens is 1. The average Bonchev–Trinajstić information content (AvgIpc) is 2.53. The Labute approximate surface area is 147 Å². The third-order valence-corrected chi connectivity index (χ3v) is 6.09. The molecule has 0 aliphatic heterocycles. The van der Waals surface area contributed by atoms with E-state index in [1.54, 1.807) is 12.1 Å². The highest BCUT2D eigenvalue weighted by atomic mass is 35.5. The predicted octanol–water partition coefficient (Wildman–Crippen LogP) is 2.37. The lowest BCUT2D eigenvalue weighted by Crippen LogP contribution is -2.30. The number of nitrogens with zero attached hydrogens (tertiary/aromatic N) is 1. The minimum Gasteiger partial charge on any atom is -0.268 e. The standard InChI is InChI=1S/C15H15ClN2O4S2/c1-10(2)23(20)13-5-3-11(4-6-13)15(19)18-24(21,22)14-7-12(16)8-17-9-14/h3-10H,1-2H3,(H,18,19)/t23-/m0/s1. The smallest absolute Gasteiger partial charge is 0.265 e. The SMILES string of the molecule is CC(C)[S@](=O)c1ccc(C(=O)NS(=O)(=O)c2cncc(Cl)c2)cc1. The number of carbonyl (C=O) groups is 1. The van der Waals surface area contributed by atoms with Gasteiger partial charge in [-0.3, -0.25) is 14.0 Å². The van der Waals surface area contributed by atoms with Gasteiger partial charge >= 0.3 is 0 Å². The van der Waals surface area contributed by atoms with Crippen molar-refractivity contribution in [3.05, 3.63) is 53.3 Å². The zero-order valence-corrected chi connectivity index (χ0v) is 15.3. The molecule has 0 fully saturated rings. The van der Waals surface area contributed by atoms with Crippen LogP contribution in [0.4, 0.5) is 0 Å². The monoisotopic (exact) mass is 386 g/mol. The molecular weight excluding hydrogens is 372 g/mol. The Morgan fingerprint density at radius 1 is 1.21 bits per heavy atom. The van der Waals surface area contributed by atoms with Crippen molar-refractivity contribution in [2.75, 3.05) is 0 Å². The molecule has 2 aromatic rings. The number of rotatable bonds is 5. The summed E-state index contributed by atoms with van der Waals surface area (Å²) < 4.78 is 38.2. The lowest BCUT2D eigenvalue weighted by molar-refractivity contribution is 0.0981. The molecule has 0 spiro atoms. The second-order valence-electron chi connectivity index (χ2n) is 5.14. The molecule has 0 aliphatic rings. The van der Waals surface area contributed by atoms with Gasteiger partial charge in [0, 0.05) is 28.1 Å². The summed E-state index contributed by atoms with van der Waals surface area (Å²) in [4.78, 5) is 16.2. The van der Waals surface area contributed by atoms with Gasteiger partial charge in [0.1, 0.15) is 4.90 Å². The molecule has 0 saturated heterocycles. The number of nitrogens with one attached hydrogen (secondary N) is 1. The van der Waals surface area contributed by atoms with Gasteiger partial charge in [-0.15, -0.1) is 0 Å². The zero-order chi connectivity index (χ0) is 17.9. The van der Waals surface area contributed by atoms with Crippen molar-refractivity contribution >= 4 is 38.3 Å². The number of sulfonamides is 1. The summed E-state index contributed by atoms with van der Waals surface area (Å²) >= 11 is 5.71. The first kappa shape index (κ1) is 18.6. The summed E-state index contributed by atoms with van der Waals surface area (Å²) in [6, 6.07) is 7.13. The van der Waals surface area contributed by atoms with E-state index in [2.05, 4.69) is 4.98 Å². The van der Waals surface area contributed by atoms with Crippen LogP contribution in [0.1, 0.15) is 24.2 Å². The first-order valence-electron chi connectivity index (χ1n) is 6.89. The summed E-state index contributed by atoms with van der Waals surface area (Å²) in [5.74, 6) is -0.795. The third kappa shape index (κ3) is 4.40. The van der Waals surface area contributed by atoms with E-state index >= 15 is 0 Å². The topological polar surface area (TPSA) is 93.2 Å². The molecule has 1 N–H and O–H groups in total. The van der Waals surface area contributed by atoms with Gasteiger partial charge in [-0.2, -0.15) is 0 Å². The first-order valence-corrected chi connectivity index (χ1v) is 9.96. The molecule has 6 nitrogen and oxygen atoms in total. The van der Waals surface area contributed by atoms with Crippen LogP contribution < -0.4 is 4.72 Å². The third-order valence-electron chi connectivity index (χ3n) is 2.99. The Balaban J connectivity index is 2.19. The second-order valence-corrected chi connectivity index (χ2v) is 9.27. The molecule has 0 saturated carbocycles. The van der Waals surface area contributed by atoms with Crippen molar-refractivity contribution in [1.82, 2.24) is 9.71 Å². The second kappa shape index (κ2) is 7.42. The summed E-state index contributed by atoms with van der Waals surface area (Å²) in [5.41, 5.74) is 0.137. The number of hydrogen-bond acceptors (Lipinski definition) is 5. The van der Waals surface area contributed by atoms with Crippen LogP contribution in [0.25, 0.3) is 0 Å². The zero-order valence-electron chi connectivity index (χ0n) is 12.9. The fourth-order valence-corrected chi connectivity index (χ4v) is 3.94. The van der Waals surface area contributed by atoms with Crippen molar-refractivity contribution in [2.45, 2.75) is 28.9 Å². The van der Waals surface area contributed by atoms with Gasteiger partial charge in [0.2, 0.25) is 0 Å². The van der Waals surface area contributed by atoms with E-state index in [1.807, 2.05) is 18.6 Å². The normalized spacial score (nSPS) is 12.8. The number of halogens is 1. The molecule has 1 atom stereocenters. The minimum absolute atomic E-state index is 0.0552. The highest BCUT2D eigenvalue weighted by Crippen LogP contribution is 2.15. The number of amides is 1. The number of pyridine rings is 1. The molecule has 0 bridgehead atoms. The van der Waals surface area contributed by atoms with Gasteiger partial charge in [0.05, 0.1) is 15.8 Å². The molecule has 1 amide bonds. The molecule has 0 unspecified atom stereocenters. The maximum absolute atomic E-state index is 12.2. The lowest BCUT2D eigenvalue weighted by atomic mass is 10.2. The van der Waals surface area contributed by atoms with E-state index in [0.29, 0.717) is 4.90 Å². The van der Waals surface area contributed by atoms with Crippen molar-refractivity contribution in [1.29, 1.82) is 0 Å². The Kier molecular flexibility index (Phi) is 5.74. The molecule has 1 aromatic heterocycles. The Morgan fingerprint density at radius 3 is 2.38 bits per heavy atom. The van der Waals surface area contributed by atoms with Gasteiger partial charge in [-0.05, 0) is 30.3 Å². The van der Waals surface area contributed by atoms with E-state index in [9.17, 15) is 17.4 Å². The van der Waals surface area contributed by atoms with Crippen LogP contribution in [0.3, 0.4) is 0 Å². The van der Waals surface area contributed by atoms with Gasteiger partial charge < -0.3 is 0 Å². The maximum Gasteiger partial charge on any atom is 0.265 e. The van der Waals surface area contributed by atoms with Crippen LogP contribution in [0.2, 0.25) is 5.02 Å². The van der Waals surface area contributed by atoms with Gasteiger partial charge in [-0.25, -0.2) is 13.1 Å². The largest absolute Gasteiger partial charge is 0.268 e. The molecule has 1 heterocycles. The lowest BCUT2D eigenvalue weighted by Gasteiger charge is -2.08. The van der Waals surface area contributed by atoms with Crippen LogP contribution in [0.15, 0.2) is 52.5 Å². The van der Waals surface area contributed by atoms with Crippen LogP contribution in [-0.2, 0) is 20.8 Å². The molecule has 9 heteroatoms. The van der Waals surface area contributed by atoms with Crippen LogP contribution in [0, 0.1) is 0 Å². The van der Waals surface area contributed by atoms with E-state index in [1.165, 1.54) is 24.4 Å². The van der Waals surface area contributed by atoms with Gasteiger partial charge in [-0.1, -0.05) is 25.4 Å². The van der Waals surface area contributed by atoms with Crippen molar-refractivity contribution in [3.63, 3.8) is 0 Å². The fourth-order valence-electron chi connectivity index (χ4n) is 1.79. The highest BCUT2D eigenvalue weighted by Gasteiger charge is 2.20. The maximum atomic E-state index is 12.2. The number of carbonyl (C=O) groups excluding carboxylic acids is 1. The first-order chi connectivity index (χ1) is 11.2. The molecule has 0 radical (unpaired) electrons. The summed E-state index contributed by atoms with van der Waals surface area (Å²) in [5, 5.41) is 0.0891. The van der Waals surface area contributed by atoms with Crippen LogP contribution in [0.5, 0.6) is 0 Å². The molecular formula is C15H15ClN2O4S2. The molecule has 128 valence electrons. The van der Waals surface area contributed by atoms with Gasteiger partial charge in [0.15, 0.2) is 0 Å². The number of benzene rings is 1. The van der Waals surface area contributed by atoms with E-state index in [4.69, 9.17) is 11.6 Å². The average molecular weight is 387 g/mol. The van der Waals surface area contributed by atoms with E-state index < -0.39 is 26.7 Å². The number of hydrogen-bond donors (Lipinski definition) is 1. The molecule has 2 rings (SSSR count). The van der Waals surface area contributed by atoms with Crippen molar-refractivity contribution in [2.24, 2.45) is 0 Å². The summed E-state index contributed by atoms with van der Waals surface area (Å²) in [6.07, 6.45) is 2.38. The summed E-state index contributed by atoms with van der Waals surface area (Å²) in [6.45, 7) is 3.64. The molecule has 0 aliphatic carbocycles. The quantitative estimate of drug-likeness (QED) is 0.851. The predicted molar refractivity (Wildman–Crippen MR) is 91.9 cm³/mol. The van der Waals surface area contributed by atoms with Gasteiger partial charge in [0.25, 0.3) is 15.9 Å². The Morgan fingerprint density at radius 2 is 1.83 bits per heavy atom. The Hall–Kier alpha value is -1.77. The molecule has 1 aromatic carbocycles. The Bertz CT molecular complexity index is 881.